The largest absolute Gasteiger partial charge is 0.313 e. The molecule has 1 saturated heterocycles. The molecule has 1 aliphatic rings. The Bertz CT molecular complexity index is 525. The van der Waals surface area contributed by atoms with Crippen molar-refractivity contribution in [2.45, 2.75) is 37.6 Å². The molecule has 1 fully saturated rings. The molecule has 0 amide bonds. The highest BCUT2D eigenvalue weighted by molar-refractivity contribution is 7.89. The van der Waals surface area contributed by atoms with Gasteiger partial charge in [0, 0.05) is 19.6 Å². The van der Waals surface area contributed by atoms with Crippen molar-refractivity contribution in [3.63, 3.8) is 0 Å². The number of hydrazine groups is 1. The Kier molecular flexibility index (Phi) is 5.54. The molecule has 0 unspecified atom stereocenters. The molecule has 1 aromatic rings. The quantitative estimate of drug-likeness (QED) is 0.835. The van der Waals surface area contributed by atoms with E-state index in [-0.39, 0.29) is 0 Å². The minimum absolute atomic E-state index is 0.332. The van der Waals surface area contributed by atoms with E-state index in [9.17, 15) is 8.42 Å². The summed E-state index contributed by atoms with van der Waals surface area (Å²) in [5.41, 5.74) is 0.980. The number of rotatable bonds is 6. The fourth-order valence-corrected chi connectivity index (χ4v) is 3.49. The van der Waals surface area contributed by atoms with Gasteiger partial charge in [-0.05, 0) is 37.1 Å². The van der Waals surface area contributed by atoms with Crippen molar-refractivity contribution in [2.75, 3.05) is 19.6 Å². The second-order valence-corrected chi connectivity index (χ2v) is 6.73. The highest BCUT2D eigenvalue weighted by Crippen LogP contribution is 2.14. The van der Waals surface area contributed by atoms with E-state index in [1.54, 1.807) is 23.2 Å². The predicted octanol–water partition coefficient (Wildman–Crippen LogP) is 1.48. The number of nitrogens with zero attached hydrogens (tertiary/aromatic N) is 1. The van der Waals surface area contributed by atoms with Gasteiger partial charge in [0.2, 0.25) is 0 Å². The first kappa shape index (κ1) is 15.4. The number of nitrogens with one attached hydrogen (secondary N) is 2. The molecule has 6 heteroatoms. The lowest BCUT2D eigenvalue weighted by Gasteiger charge is -2.26. The lowest BCUT2D eigenvalue weighted by Crippen LogP contribution is -2.44. The van der Waals surface area contributed by atoms with Gasteiger partial charge in [-0.15, -0.1) is 4.83 Å². The van der Waals surface area contributed by atoms with E-state index < -0.39 is 10.0 Å². The summed E-state index contributed by atoms with van der Waals surface area (Å²) in [6, 6.07) is 7.09. The van der Waals surface area contributed by atoms with E-state index in [1.165, 1.54) is 6.42 Å². The van der Waals surface area contributed by atoms with E-state index in [4.69, 9.17) is 0 Å². The van der Waals surface area contributed by atoms with Gasteiger partial charge in [-0.25, -0.2) is 13.4 Å². The molecule has 0 atom stereocenters. The van der Waals surface area contributed by atoms with E-state index in [1.807, 2.05) is 13.0 Å². The maximum absolute atomic E-state index is 12.4. The molecule has 5 nitrogen and oxygen atoms in total. The molecule has 0 bridgehead atoms. The topological polar surface area (TPSA) is 61.4 Å². The SMILES string of the molecule is CCNCc1cccc(S(=O)(=O)NN2CCCCC2)c1. The summed E-state index contributed by atoms with van der Waals surface area (Å²) >= 11 is 0. The Balaban J connectivity index is 2.07. The van der Waals surface area contributed by atoms with Crippen molar-refractivity contribution < 1.29 is 8.42 Å². The normalized spacial score (nSPS) is 17.2. The minimum atomic E-state index is -3.46. The van der Waals surface area contributed by atoms with Crippen LogP contribution in [-0.4, -0.2) is 33.1 Å². The highest BCUT2D eigenvalue weighted by Gasteiger charge is 2.19. The Morgan fingerprint density at radius 2 is 1.95 bits per heavy atom. The molecule has 0 spiro atoms. The Hall–Kier alpha value is -0.950. The summed E-state index contributed by atoms with van der Waals surface area (Å²) in [5.74, 6) is 0. The summed E-state index contributed by atoms with van der Waals surface area (Å²) < 4.78 is 24.7. The number of sulfonamides is 1. The van der Waals surface area contributed by atoms with Crippen LogP contribution in [0.3, 0.4) is 0 Å². The van der Waals surface area contributed by atoms with Gasteiger partial charge in [0.15, 0.2) is 0 Å². The van der Waals surface area contributed by atoms with Crippen LogP contribution in [0.1, 0.15) is 31.7 Å². The van der Waals surface area contributed by atoms with Crippen LogP contribution < -0.4 is 10.1 Å². The van der Waals surface area contributed by atoms with E-state index in [2.05, 4.69) is 10.1 Å². The number of hydrogen-bond acceptors (Lipinski definition) is 4. The summed E-state index contributed by atoms with van der Waals surface area (Å²) in [5, 5.41) is 5.00. The van der Waals surface area contributed by atoms with Crippen molar-refractivity contribution in [1.82, 2.24) is 15.2 Å². The van der Waals surface area contributed by atoms with E-state index in [0.717, 1.165) is 38.0 Å². The Morgan fingerprint density at radius 1 is 1.20 bits per heavy atom. The Morgan fingerprint density at radius 3 is 2.65 bits per heavy atom. The summed E-state index contributed by atoms with van der Waals surface area (Å²) in [6.07, 6.45) is 3.27. The van der Waals surface area contributed by atoms with Gasteiger partial charge in [0.25, 0.3) is 10.0 Å². The molecule has 0 radical (unpaired) electrons. The van der Waals surface area contributed by atoms with Crippen molar-refractivity contribution in [2.24, 2.45) is 0 Å². The lowest BCUT2D eigenvalue weighted by atomic mass is 10.2. The monoisotopic (exact) mass is 297 g/mol. The van der Waals surface area contributed by atoms with Crippen LogP contribution in [0, 0.1) is 0 Å². The molecule has 1 heterocycles. The van der Waals surface area contributed by atoms with Crippen LogP contribution in [0.2, 0.25) is 0 Å². The molecule has 1 aliphatic heterocycles. The first-order chi connectivity index (χ1) is 9.62. The first-order valence-corrected chi connectivity index (χ1v) is 8.67. The molecule has 2 rings (SSSR count). The maximum Gasteiger partial charge on any atom is 0.253 e. The van der Waals surface area contributed by atoms with E-state index >= 15 is 0 Å². The fourth-order valence-electron chi connectivity index (χ4n) is 2.30. The fraction of sp³-hybridized carbons (Fsp3) is 0.571. The molecule has 20 heavy (non-hydrogen) atoms. The van der Waals surface area contributed by atoms with Crippen LogP contribution in [0.25, 0.3) is 0 Å². The third-order valence-corrected chi connectivity index (χ3v) is 4.77. The molecule has 112 valence electrons. The average molecular weight is 297 g/mol. The number of piperidine rings is 1. The average Bonchev–Trinajstić information content (AvgIpc) is 2.46. The predicted molar refractivity (Wildman–Crippen MR) is 79.6 cm³/mol. The third kappa shape index (κ3) is 4.28. The van der Waals surface area contributed by atoms with Crippen LogP contribution in [0.4, 0.5) is 0 Å². The molecule has 2 N–H and O–H groups in total. The van der Waals surface area contributed by atoms with Gasteiger partial charge in [-0.3, -0.25) is 0 Å². The zero-order chi connectivity index (χ0) is 14.4. The van der Waals surface area contributed by atoms with Crippen molar-refractivity contribution >= 4 is 10.0 Å². The molecule has 0 aliphatic carbocycles. The second-order valence-electron chi connectivity index (χ2n) is 5.07. The van der Waals surface area contributed by atoms with Gasteiger partial charge in [-0.2, -0.15) is 0 Å². The van der Waals surface area contributed by atoms with Gasteiger partial charge >= 0.3 is 0 Å². The summed E-state index contributed by atoms with van der Waals surface area (Å²) in [6.45, 7) is 5.15. The standard InChI is InChI=1S/C14H23N3O2S/c1-2-15-12-13-7-6-8-14(11-13)20(18,19)16-17-9-4-3-5-10-17/h6-8,11,15-16H,2-5,9-10,12H2,1H3. The third-order valence-electron chi connectivity index (χ3n) is 3.39. The number of benzene rings is 1. The maximum atomic E-state index is 12.4. The molecular weight excluding hydrogens is 274 g/mol. The Labute approximate surface area is 121 Å². The lowest BCUT2D eigenvalue weighted by molar-refractivity contribution is 0.200. The zero-order valence-electron chi connectivity index (χ0n) is 11.9. The molecule has 0 aromatic heterocycles. The van der Waals surface area contributed by atoms with Crippen molar-refractivity contribution in [3.05, 3.63) is 29.8 Å². The highest BCUT2D eigenvalue weighted by atomic mass is 32.2. The van der Waals surface area contributed by atoms with Gasteiger partial charge in [-0.1, -0.05) is 25.5 Å². The molecule has 0 saturated carbocycles. The smallest absolute Gasteiger partial charge is 0.253 e. The zero-order valence-corrected chi connectivity index (χ0v) is 12.7. The minimum Gasteiger partial charge on any atom is -0.313 e. The van der Waals surface area contributed by atoms with Gasteiger partial charge in [0.05, 0.1) is 4.90 Å². The first-order valence-electron chi connectivity index (χ1n) is 7.19. The van der Waals surface area contributed by atoms with Gasteiger partial charge in [0.1, 0.15) is 0 Å². The van der Waals surface area contributed by atoms with Crippen molar-refractivity contribution in [1.29, 1.82) is 0 Å². The second kappa shape index (κ2) is 7.17. The molecular formula is C14H23N3O2S. The summed E-state index contributed by atoms with van der Waals surface area (Å²) in [4.78, 5) is 3.01. The number of hydrogen-bond donors (Lipinski definition) is 2. The van der Waals surface area contributed by atoms with Crippen molar-refractivity contribution in [3.8, 4) is 0 Å². The van der Waals surface area contributed by atoms with Crippen LogP contribution in [0.15, 0.2) is 29.2 Å². The van der Waals surface area contributed by atoms with Crippen LogP contribution in [-0.2, 0) is 16.6 Å². The van der Waals surface area contributed by atoms with Crippen LogP contribution >= 0.6 is 0 Å². The van der Waals surface area contributed by atoms with Gasteiger partial charge < -0.3 is 5.32 Å². The van der Waals surface area contributed by atoms with E-state index in [0.29, 0.717) is 11.4 Å². The molecule has 1 aromatic carbocycles. The van der Waals surface area contributed by atoms with Crippen LogP contribution in [0.5, 0.6) is 0 Å². The summed E-state index contributed by atoms with van der Waals surface area (Å²) in [7, 11) is -3.46.